The van der Waals surface area contributed by atoms with E-state index in [1.54, 1.807) is 9.96 Å². The predicted octanol–water partition coefficient (Wildman–Crippen LogP) is 11.5. The van der Waals surface area contributed by atoms with Gasteiger partial charge in [-0.2, -0.15) is 0 Å². The molecule has 51 heavy (non-hydrogen) atoms. The summed E-state index contributed by atoms with van der Waals surface area (Å²) in [5.74, 6) is 8.75. The zero-order valence-corrected chi connectivity index (χ0v) is 34.7. The number of pyridine rings is 3. The first-order valence-electron chi connectivity index (χ1n) is 18.0. The minimum atomic E-state index is -1.87. The van der Waals surface area contributed by atoms with Crippen molar-refractivity contribution in [2.45, 2.75) is 69.1 Å². The molecule has 4 heterocycles. The topological polar surface area (TPSA) is 51.8 Å². The molecule has 0 spiro atoms. The molecule has 0 atom stereocenters. The molecule has 4 nitrogen and oxygen atoms in total. The molecule has 3 aromatic carbocycles. The van der Waals surface area contributed by atoms with Gasteiger partial charge in [0.1, 0.15) is 0 Å². The minimum Gasteiger partial charge on any atom is 0 e. The van der Waals surface area contributed by atoms with E-state index in [1.807, 2.05) is 54.9 Å². The Kier molecular flexibility index (Phi) is 11.7. The maximum absolute atomic E-state index is 6.02. The van der Waals surface area contributed by atoms with Gasteiger partial charge < -0.3 is 9.40 Å². The van der Waals surface area contributed by atoms with Crippen molar-refractivity contribution in [3.05, 3.63) is 133 Å². The summed E-state index contributed by atoms with van der Waals surface area (Å²) in [6, 6.07) is 37.7. The van der Waals surface area contributed by atoms with Gasteiger partial charge in [0.15, 0.2) is 0 Å². The van der Waals surface area contributed by atoms with Crippen molar-refractivity contribution >= 4 is 39.7 Å². The molecular formula is C45H45GeIrN3O-2. The van der Waals surface area contributed by atoms with Crippen LogP contribution in [0.5, 0.6) is 0 Å². The van der Waals surface area contributed by atoms with E-state index in [4.69, 9.17) is 9.40 Å². The fraction of sp³-hybridized carbons (Fsp3) is 0.267. The first-order chi connectivity index (χ1) is 24.2. The van der Waals surface area contributed by atoms with E-state index in [0.717, 1.165) is 55.9 Å². The zero-order valence-electron chi connectivity index (χ0n) is 30.2. The Morgan fingerprint density at radius 3 is 2.29 bits per heavy atom. The second-order valence-electron chi connectivity index (χ2n) is 14.9. The molecule has 8 rings (SSSR count). The van der Waals surface area contributed by atoms with Crippen molar-refractivity contribution in [3.8, 4) is 33.6 Å². The summed E-state index contributed by atoms with van der Waals surface area (Å²) in [5.41, 5.74) is 10.5. The third-order valence-electron chi connectivity index (χ3n) is 9.87. The number of hydrogen-bond acceptors (Lipinski definition) is 4. The summed E-state index contributed by atoms with van der Waals surface area (Å²) in [6.45, 7) is 4.37. The number of rotatable bonds is 7. The van der Waals surface area contributed by atoms with Crippen molar-refractivity contribution in [3.63, 3.8) is 0 Å². The van der Waals surface area contributed by atoms with Crippen molar-refractivity contribution < 1.29 is 24.5 Å². The Balaban J connectivity index is 0.000000178. The maximum atomic E-state index is 6.02. The number of fused-ring (bicyclic) bond motifs is 3. The first-order valence-corrected chi connectivity index (χ1v) is 25.3. The van der Waals surface area contributed by atoms with Gasteiger partial charge in [-0.05, 0) is 29.3 Å². The average molecular weight is 909 g/mol. The fourth-order valence-corrected chi connectivity index (χ4v) is 10.5. The number of furan rings is 1. The van der Waals surface area contributed by atoms with Crippen LogP contribution < -0.4 is 4.40 Å². The van der Waals surface area contributed by atoms with Crippen LogP contribution in [-0.4, -0.2) is 28.2 Å². The molecule has 0 unspecified atom stereocenters. The molecule has 0 N–H and O–H groups in total. The third-order valence-corrected chi connectivity index (χ3v) is 14.2. The van der Waals surface area contributed by atoms with Crippen LogP contribution in [0, 0.1) is 18.1 Å². The number of nitrogens with zero attached hydrogens (tertiary/aromatic N) is 3. The molecule has 261 valence electrons. The third kappa shape index (κ3) is 8.44. The summed E-state index contributed by atoms with van der Waals surface area (Å²) in [7, 11) is 0. The van der Waals surface area contributed by atoms with Gasteiger partial charge in [0.2, 0.25) is 5.71 Å². The molecule has 0 aliphatic heterocycles. The molecule has 0 saturated heterocycles. The van der Waals surface area contributed by atoms with Crippen LogP contribution in [-0.2, 0) is 26.5 Å². The number of benzene rings is 3. The molecule has 4 aromatic heterocycles. The molecule has 6 heteroatoms. The van der Waals surface area contributed by atoms with Gasteiger partial charge in [0, 0.05) is 43.4 Å². The quantitative estimate of drug-likeness (QED) is 0.118. The van der Waals surface area contributed by atoms with Crippen LogP contribution in [0.4, 0.5) is 0 Å². The van der Waals surface area contributed by atoms with E-state index in [9.17, 15) is 0 Å². The SMILES string of the molecule is CC(C)c1ccnc(-c2[c-]ccc3oc4ncc(-c5ccccc5)cc4c23)c1.[CH3][Ge]([CH3])([CH3])[c]1cnc(-c2[c-]cccc2)cc1CC1CCCC1.[Ir]. The first kappa shape index (κ1) is 36.9. The van der Waals surface area contributed by atoms with E-state index in [0.29, 0.717) is 11.6 Å². The molecule has 7 aromatic rings. The van der Waals surface area contributed by atoms with Crippen molar-refractivity contribution in [1.82, 2.24) is 15.0 Å². The molecule has 1 saturated carbocycles. The molecule has 1 fully saturated rings. The van der Waals surface area contributed by atoms with Crippen LogP contribution in [0.3, 0.4) is 0 Å². The minimum absolute atomic E-state index is 0. The Hall–Kier alpha value is -3.90. The van der Waals surface area contributed by atoms with Crippen LogP contribution in [0.2, 0.25) is 17.3 Å². The van der Waals surface area contributed by atoms with E-state index in [2.05, 4.69) is 108 Å². The number of aromatic nitrogens is 3. The Morgan fingerprint density at radius 1 is 0.784 bits per heavy atom. The van der Waals surface area contributed by atoms with Gasteiger partial charge in [-0.1, -0.05) is 67.3 Å². The van der Waals surface area contributed by atoms with Gasteiger partial charge in [0.25, 0.3) is 0 Å². The van der Waals surface area contributed by atoms with Gasteiger partial charge in [-0.25, -0.2) is 4.98 Å². The van der Waals surface area contributed by atoms with Gasteiger partial charge in [-0.15, -0.1) is 17.7 Å². The summed E-state index contributed by atoms with van der Waals surface area (Å²) in [4.78, 5) is 14.0. The Bertz CT molecular complexity index is 2220. The molecule has 1 aliphatic rings. The van der Waals surface area contributed by atoms with Crippen LogP contribution in [0.25, 0.3) is 55.7 Å². The van der Waals surface area contributed by atoms with Crippen LogP contribution in [0.1, 0.15) is 56.6 Å². The Morgan fingerprint density at radius 2 is 1.57 bits per heavy atom. The second-order valence-corrected chi connectivity index (χ2v) is 25.4. The fourth-order valence-electron chi connectivity index (χ4n) is 7.15. The predicted molar refractivity (Wildman–Crippen MR) is 210 cm³/mol. The van der Waals surface area contributed by atoms with Gasteiger partial charge >= 0.3 is 137 Å². The van der Waals surface area contributed by atoms with Crippen molar-refractivity contribution in [2.75, 3.05) is 0 Å². The molecule has 1 radical (unpaired) electrons. The summed E-state index contributed by atoms with van der Waals surface area (Å²) in [5, 5.41) is 2.00. The molecule has 0 amide bonds. The second kappa shape index (κ2) is 16.2. The summed E-state index contributed by atoms with van der Waals surface area (Å²) >= 11 is -1.87. The maximum Gasteiger partial charge on any atom is 0 e. The van der Waals surface area contributed by atoms with Crippen LogP contribution in [0.15, 0.2) is 114 Å². The van der Waals surface area contributed by atoms with E-state index in [1.165, 1.54) is 37.7 Å². The van der Waals surface area contributed by atoms with Crippen molar-refractivity contribution in [2.24, 2.45) is 5.92 Å². The summed E-state index contributed by atoms with van der Waals surface area (Å²) in [6.07, 6.45) is 12.8. The normalized spacial score (nSPS) is 13.3. The van der Waals surface area contributed by atoms with Crippen LogP contribution >= 0.6 is 0 Å². The summed E-state index contributed by atoms with van der Waals surface area (Å²) < 4.78 is 7.61. The molecule has 1 aliphatic carbocycles. The number of hydrogen-bond donors (Lipinski definition) is 0. The smallest absolute Gasteiger partial charge is 0 e. The zero-order chi connectivity index (χ0) is 34.7. The van der Waals surface area contributed by atoms with E-state index in [-0.39, 0.29) is 20.1 Å². The van der Waals surface area contributed by atoms with Gasteiger partial charge in [0.05, 0.1) is 5.58 Å². The van der Waals surface area contributed by atoms with Gasteiger partial charge in [-0.3, -0.25) is 0 Å². The standard InChI is InChI=1S/C25H19N2O.C20H26GeN.Ir/c1-16(2)18-11-12-26-22(14-18)20-9-6-10-23-24(20)21-13-19(15-27-25(21)28-23)17-7-4-3-5-8-17;1-21(2,3)19-15-22-20(17-11-5-4-6-12-17)14-18(19)13-16-9-7-8-10-16;/h3-8,10-16H,1-2H3;4-6,11,14-16H,7-10,13H2,1-3H3;/q2*-1;. The van der Waals surface area contributed by atoms with Crippen molar-refractivity contribution in [1.29, 1.82) is 0 Å². The molecular weight excluding hydrogens is 863 g/mol. The van der Waals surface area contributed by atoms with E-state index < -0.39 is 13.3 Å². The molecule has 0 bridgehead atoms. The largest absolute Gasteiger partial charge is 0 e. The van der Waals surface area contributed by atoms with E-state index >= 15 is 0 Å². The average Bonchev–Trinajstić information content (AvgIpc) is 3.79. The monoisotopic (exact) mass is 910 g/mol. The Labute approximate surface area is 318 Å².